The highest BCUT2D eigenvalue weighted by molar-refractivity contribution is 5.93. The first-order valence-corrected chi connectivity index (χ1v) is 13.1. The van der Waals surface area contributed by atoms with E-state index in [4.69, 9.17) is 17.2 Å². The van der Waals surface area contributed by atoms with Crippen molar-refractivity contribution in [2.75, 3.05) is 26.2 Å². The van der Waals surface area contributed by atoms with E-state index < -0.39 is 30.3 Å². The van der Waals surface area contributed by atoms with Crippen LogP contribution in [0.3, 0.4) is 0 Å². The number of amides is 2. The summed E-state index contributed by atoms with van der Waals surface area (Å²) in [7, 11) is 0. The Hall–Kier alpha value is -3.48. The predicted molar refractivity (Wildman–Crippen MR) is 145 cm³/mol. The van der Waals surface area contributed by atoms with Gasteiger partial charge in [-0.2, -0.15) is 8.78 Å². The standard InChI is InChI=1S/C28H38F3N5O4/c1-19(29)28(30,31)40-22-10-7-21(8-11-22)17-25(37)24(12-9-20-5-3-2-4-6-20)35-27(39)23(34)18-26(38)36(15-13-32)16-14-33/h2-8,10-11,19,23-24H,9,12-18,32-34H2,1H3,(H,35,39)/t19?,23-,24-/m0/s1. The van der Waals surface area contributed by atoms with Crippen LogP contribution < -0.4 is 27.3 Å². The lowest BCUT2D eigenvalue weighted by atomic mass is 9.97. The maximum absolute atomic E-state index is 13.5. The normalized spacial score (nSPS) is 13.7. The number of carbonyl (C=O) groups is 3. The molecule has 2 amide bonds. The van der Waals surface area contributed by atoms with Crippen LogP contribution in [0.2, 0.25) is 0 Å². The third-order valence-electron chi connectivity index (χ3n) is 6.17. The average Bonchev–Trinajstić information content (AvgIpc) is 2.92. The first kappa shape index (κ1) is 32.7. The maximum atomic E-state index is 13.5. The van der Waals surface area contributed by atoms with Gasteiger partial charge in [0.2, 0.25) is 18.0 Å². The van der Waals surface area contributed by atoms with Crippen molar-refractivity contribution >= 4 is 17.6 Å². The summed E-state index contributed by atoms with van der Waals surface area (Å²) in [4.78, 5) is 40.1. The molecule has 7 N–H and O–H groups in total. The van der Waals surface area contributed by atoms with Crippen molar-refractivity contribution in [2.45, 2.75) is 57.0 Å². The van der Waals surface area contributed by atoms with Crippen LogP contribution in [0.25, 0.3) is 0 Å². The minimum atomic E-state index is -3.99. The lowest BCUT2D eigenvalue weighted by molar-refractivity contribution is -0.215. The Labute approximate surface area is 232 Å². The van der Waals surface area contributed by atoms with Crippen LogP contribution in [0.4, 0.5) is 13.2 Å². The van der Waals surface area contributed by atoms with Gasteiger partial charge in [0.05, 0.1) is 18.5 Å². The van der Waals surface area contributed by atoms with Crippen molar-refractivity contribution in [3.63, 3.8) is 0 Å². The molecule has 3 atom stereocenters. The fourth-order valence-corrected chi connectivity index (χ4v) is 3.87. The Balaban J connectivity index is 2.10. The molecule has 0 aliphatic heterocycles. The van der Waals surface area contributed by atoms with Crippen molar-refractivity contribution in [1.29, 1.82) is 0 Å². The molecule has 40 heavy (non-hydrogen) atoms. The third-order valence-corrected chi connectivity index (χ3v) is 6.17. The van der Waals surface area contributed by atoms with Crippen LogP contribution in [-0.2, 0) is 27.2 Å². The minimum Gasteiger partial charge on any atom is -0.430 e. The summed E-state index contributed by atoms with van der Waals surface area (Å²) in [5.41, 5.74) is 18.5. The van der Waals surface area contributed by atoms with Gasteiger partial charge in [-0.1, -0.05) is 42.5 Å². The molecule has 2 aromatic rings. The lowest BCUT2D eigenvalue weighted by Gasteiger charge is -2.24. The molecule has 12 heteroatoms. The van der Waals surface area contributed by atoms with Gasteiger partial charge in [-0.05, 0) is 43.0 Å². The van der Waals surface area contributed by atoms with E-state index in [2.05, 4.69) is 10.1 Å². The molecular formula is C28H38F3N5O4. The van der Waals surface area contributed by atoms with Crippen molar-refractivity contribution in [3.05, 3.63) is 65.7 Å². The van der Waals surface area contributed by atoms with Gasteiger partial charge in [-0.25, -0.2) is 4.39 Å². The van der Waals surface area contributed by atoms with Crippen LogP contribution in [0.1, 0.15) is 30.9 Å². The summed E-state index contributed by atoms with van der Waals surface area (Å²) >= 11 is 0. The molecule has 0 fully saturated rings. The summed E-state index contributed by atoms with van der Waals surface area (Å²) < 4.78 is 44.5. The number of aryl methyl sites for hydroxylation is 1. The Morgan fingerprint density at radius 3 is 2.12 bits per heavy atom. The molecule has 0 bridgehead atoms. The smallest absolute Gasteiger partial charge is 0.429 e. The van der Waals surface area contributed by atoms with E-state index in [1.165, 1.54) is 29.2 Å². The first-order valence-electron chi connectivity index (χ1n) is 13.1. The van der Waals surface area contributed by atoms with Gasteiger partial charge in [0, 0.05) is 32.6 Å². The zero-order valence-electron chi connectivity index (χ0n) is 22.5. The van der Waals surface area contributed by atoms with Crippen LogP contribution in [0, 0.1) is 0 Å². The molecule has 0 aliphatic rings. The molecular weight excluding hydrogens is 527 g/mol. The van der Waals surface area contributed by atoms with E-state index >= 15 is 0 Å². The molecule has 0 radical (unpaired) electrons. The number of ketones is 1. The summed E-state index contributed by atoms with van der Waals surface area (Å²) in [5, 5.41) is 2.67. The van der Waals surface area contributed by atoms with Gasteiger partial charge in [0.15, 0.2) is 5.78 Å². The van der Waals surface area contributed by atoms with Crippen molar-refractivity contribution < 1.29 is 32.3 Å². The zero-order chi connectivity index (χ0) is 29.7. The number of benzene rings is 2. The van der Waals surface area contributed by atoms with E-state index in [-0.39, 0.29) is 62.9 Å². The van der Waals surface area contributed by atoms with Gasteiger partial charge in [-0.3, -0.25) is 14.4 Å². The third kappa shape index (κ3) is 10.6. The second kappa shape index (κ2) is 15.9. The molecule has 220 valence electrons. The molecule has 2 rings (SSSR count). The maximum Gasteiger partial charge on any atom is 0.429 e. The summed E-state index contributed by atoms with van der Waals surface area (Å²) in [6, 6.07) is 12.5. The number of carbonyl (C=O) groups excluding carboxylic acids is 3. The van der Waals surface area contributed by atoms with Crippen LogP contribution in [0.15, 0.2) is 54.6 Å². The Morgan fingerprint density at radius 2 is 1.57 bits per heavy atom. The van der Waals surface area contributed by atoms with E-state index in [1.54, 1.807) is 0 Å². The molecule has 1 unspecified atom stereocenters. The van der Waals surface area contributed by atoms with E-state index in [1.807, 2.05) is 30.3 Å². The molecule has 2 aromatic carbocycles. The van der Waals surface area contributed by atoms with Crippen LogP contribution >= 0.6 is 0 Å². The Morgan fingerprint density at radius 1 is 0.975 bits per heavy atom. The highest BCUT2D eigenvalue weighted by Crippen LogP contribution is 2.26. The number of nitrogens with two attached hydrogens (primary N) is 3. The Kier molecular flexibility index (Phi) is 13.0. The Bertz CT molecular complexity index is 1080. The lowest BCUT2D eigenvalue weighted by Crippen LogP contribution is -2.51. The van der Waals surface area contributed by atoms with Gasteiger partial charge in [0.25, 0.3) is 0 Å². The number of nitrogens with zero attached hydrogens (tertiary/aromatic N) is 1. The number of Topliss-reactive ketones (excluding diaryl/α,β-unsaturated/α-hetero) is 1. The van der Waals surface area contributed by atoms with Gasteiger partial charge in [-0.15, -0.1) is 0 Å². The molecule has 0 spiro atoms. The highest BCUT2D eigenvalue weighted by atomic mass is 19.3. The number of alkyl halides is 3. The average molecular weight is 566 g/mol. The SMILES string of the molecule is CC(F)C(F)(F)Oc1ccc(CC(=O)[C@H](CCc2ccccc2)NC(=O)[C@@H](N)CC(=O)N(CCN)CCN)cc1. The monoisotopic (exact) mass is 565 g/mol. The highest BCUT2D eigenvalue weighted by Gasteiger charge is 2.39. The molecule has 0 heterocycles. The zero-order valence-corrected chi connectivity index (χ0v) is 22.5. The molecule has 0 saturated heterocycles. The van der Waals surface area contributed by atoms with Gasteiger partial charge >= 0.3 is 6.11 Å². The summed E-state index contributed by atoms with van der Waals surface area (Å²) in [6.07, 6.45) is -6.15. The van der Waals surface area contributed by atoms with Crippen molar-refractivity contribution in [1.82, 2.24) is 10.2 Å². The molecule has 0 saturated carbocycles. The number of nitrogens with one attached hydrogen (secondary N) is 1. The van der Waals surface area contributed by atoms with E-state index in [0.29, 0.717) is 18.9 Å². The first-order chi connectivity index (χ1) is 19.0. The van der Waals surface area contributed by atoms with Gasteiger partial charge < -0.3 is 32.2 Å². The van der Waals surface area contributed by atoms with Crippen LogP contribution in [0.5, 0.6) is 5.75 Å². The number of rotatable bonds is 17. The van der Waals surface area contributed by atoms with E-state index in [0.717, 1.165) is 5.56 Å². The van der Waals surface area contributed by atoms with Gasteiger partial charge in [0.1, 0.15) is 5.75 Å². The largest absolute Gasteiger partial charge is 0.430 e. The predicted octanol–water partition coefficient (Wildman–Crippen LogP) is 1.71. The fourth-order valence-electron chi connectivity index (χ4n) is 3.87. The number of hydrogen-bond donors (Lipinski definition) is 4. The topological polar surface area (TPSA) is 154 Å². The second-order valence-corrected chi connectivity index (χ2v) is 9.42. The molecule has 0 aromatic heterocycles. The van der Waals surface area contributed by atoms with E-state index in [9.17, 15) is 27.6 Å². The van der Waals surface area contributed by atoms with Crippen LogP contribution in [-0.4, -0.2) is 73.0 Å². The quantitative estimate of drug-likeness (QED) is 0.228. The second-order valence-electron chi connectivity index (χ2n) is 9.42. The molecule has 0 aliphatic carbocycles. The number of ether oxygens (including phenoxy) is 1. The number of halogens is 3. The minimum absolute atomic E-state index is 0.120. The van der Waals surface area contributed by atoms with Crippen molar-refractivity contribution in [2.24, 2.45) is 17.2 Å². The van der Waals surface area contributed by atoms with Crippen molar-refractivity contribution in [3.8, 4) is 5.75 Å². The fraction of sp³-hybridized carbons (Fsp3) is 0.464. The molecule has 9 nitrogen and oxygen atoms in total. The number of hydrogen-bond acceptors (Lipinski definition) is 7. The summed E-state index contributed by atoms with van der Waals surface area (Å²) in [5.74, 6) is -1.63. The summed E-state index contributed by atoms with van der Waals surface area (Å²) in [6.45, 7) is 1.70.